The zero-order chi connectivity index (χ0) is 16.3. The topological polar surface area (TPSA) is 15.3 Å². The zero-order valence-corrected chi connectivity index (χ0v) is 15.9. The third-order valence-electron chi connectivity index (χ3n) is 6.48. The molecular formula is C21H40N2. The molecule has 1 saturated heterocycles. The van der Waals surface area contributed by atoms with Crippen LogP contribution in [0.2, 0.25) is 0 Å². The minimum atomic E-state index is 0.473. The van der Waals surface area contributed by atoms with Crippen LogP contribution in [0.3, 0.4) is 0 Å². The number of nitrogens with zero attached hydrogens (tertiary/aromatic N) is 1. The van der Waals surface area contributed by atoms with Gasteiger partial charge in [0.1, 0.15) is 0 Å². The quantitative estimate of drug-likeness (QED) is 0.780. The van der Waals surface area contributed by atoms with E-state index in [4.69, 9.17) is 0 Å². The fourth-order valence-electron chi connectivity index (χ4n) is 5.18. The van der Waals surface area contributed by atoms with Crippen molar-refractivity contribution in [3.63, 3.8) is 0 Å². The molecule has 0 radical (unpaired) electrons. The lowest BCUT2D eigenvalue weighted by Gasteiger charge is -2.46. The Balaban J connectivity index is 1.52. The number of likely N-dealkylation sites (tertiary alicyclic amines) is 1. The zero-order valence-electron chi connectivity index (χ0n) is 15.9. The van der Waals surface area contributed by atoms with Crippen LogP contribution in [0.1, 0.15) is 85.0 Å². The molecule has 0 aromatic rings. The third-order valence-corrected chi connectivity index (χ3v) is 6.48. The standard InChI is InChI=1S/C21H40N2/c1-21(2,3)13-18-12-19(16-23(15-18)20-10-7-11-20)22-14-17-8-5-4-6-9-17/h17-20,22H,4-16H2,1-3H3. The van der Waals surface area contributed by atoms with E-state index in [0.717, 1.165) is 23.9 Å². The minimum absolute atomic E-state index is 0.473. The van der Waals surface area contributed by atoms with E-state index in [1.54, 1.807) is 0 Å². The summed E-state index contributed by atoms with van der Waals surface area (Å²) in [6.07, 6.45) is 14.5. The first-order valence-electron chi connectivity index (χ1n) is 10.5. The van der Waals surface area contributed by atoms with Crippen LogP contribution >= 0.6 is 0 Å². The SMILES string of the molecule is CC(C)(C)CC1CC(NCC2CCCCC2)CN(C2CCC2)C1. The predicted molar refractivity (Wildman–Crippen MR) is 99.8 cm³/mol. The van der Waals surface area contributed by atoms with Gasteiger partial charge in [-0.05, 0) is 62.3 Å². The van der Waals surface area contributed by atoms with Crippen molar-refractivity contribution < 1.29 is 0 Å². The molecule has 0 spiro atoms. The van der Waals surface area contributed by atoms with Crippen molar-refractivity contribution in [2.24, 2.45) is 17.3 Å². The number of hydrogen-bond donors (Lipinski definition) is 1. The van der Waals surface area contributed by atoms with E-state index in [0.29, 0.717) is 5.41 Å². The molecule has 2 aliphatic carbocycles. The fraction of sp³-hybridized carbons (Fsp3) is 1.00. The van der Waals surface area contributed by atoms with Crippen molar-refractivity contribution in [1.82, 2.24) is 10.2 Å². The van der Waals surface area contributed by atoms with Crippen molar-refractivity contribution in [3.05, 3.63) is 0 Å². The number of hydrogen-bond acceptors (Lipinski definition) is 2. The van der Waals surface area contributed by atoms with Gasteiger partial charge in [-0.25, -0.2) is 0 Å². The molecule has 3 rings (SSSR count). The first kappa shape index (κ1) is 17.7. The second kappa shape index (κ2) is 7.87. The van der Waals surface area contributed by atoms with Gasteiger partial charge in [-0.1, -0.05) is 46.5 Å². The number of piperidine rings is 1. The minimum Gasteiger partial charge on any atom is -0.312 e. The van der Waals surface area contributed by atoms with Gasteiger partial charge in [-0.15, -0.1) is 0 Å². The Hall–Kier alpha value is -0.0800. The fourth-order valence-corrected chi connectivity index (χ4v) is 5.18. The molecule has 1 N–H and O–H groups in total. The molecule has 2 heteroatoms. The molecule has 0 aromatic carbocycles. The highest BCUT2D eigenvalue weighted by atomic mass is 15.2. The molecule has 3 aliphatic rings. The molecule has 0 amide bonds. The van der Waals surface area contributed by atoms with Crippen LogP contribution in [-0.4, -0.2) is 36.6 Å². The summed E-state index contributed by atoms with van der Waals surface area (Å²) < 4.78 is 0. The second-order valence-electron chi connectivity index (χ2n) is 10.0. The highest BCUT2D eigenvalue weighted by Crippen LogP contribution is 2.34. The molecular weight excluding hydrogens is 280 g/mol. The molecule has 23 heavy (non-hydrogen) atoms. The van der Waals surface area contributed by atoms with Crippen molar-refractivity contribution in [1.29, 1.82) is 0 Å². The summed E-state index contributed by atoms with van der Waals surface area (Å²) in [5.74, 6) is 1.86. The van der Waals surface area contributed by atoms with E-state index in [2.05, 4.69) is 31.0 Å². The molecule has 1 aliphatic heterocycles. The van der Waals surface area contributed by atoms with Gasteiger partial charge in [0.15, 0.2) is 0 Å². The van der Waals surface area contributed by atoms with Gasteiger partial charge in [-0.3, -0.25) is 4.90 Å². The monoisotopic (exact) mass is 320 g/mol. The summed E-state index contributed by atoms with van der Waals surface area (Å²) in [5.41, 5.74) is 0.473. The Morgan fingerprint density at radius 1 is 0.870 bits per heavy atom. The van der Waals surface area contributed by atoms with Crippen molar-refractivity contribution in [2.75, 3.05) is 19.6 Å². The first-order chi connectivity index (χ1) is 11.0. The van der Waals surface area contributed by atoms with Crippen LogP contribution in [0.5, 0.6) is 0 Å². The van der Waals surface area contributed by atoms with Crippen LogP contribution < -0.4 is 5.32 Å². The maximum Gasteiger partial charge on any atom is 0.0198 e. The van der Waals surface area contributed by atoms with Gasteiger partial charge < -0.3 is 5.32 Å². The number of nitrogens with one attached hydrogen (secondary N) is 1. The van der Waals surface area contributed by atoms with E-state index >= 15 is 0 Å². The van der Waals surface area contributed by atoms with Crippen molar-refractivity contribution in [2.45, 2.75) is 97.1 Å². The van der Waals surface area contributed by atoms with Crippen molar-refractivity contribution in [3.8, 4) is 0 Å². The first-order valence-corrected chi connectivity index (χ1v) is 10.5. The van der Waals surface area contributed by atoms with Crippen LogP contribution in [0, 0.1) is 17.3 Å². The molecule has 2 saturated carbocycles. The predicted octanol–water partition coefficient (Wildman–Crippen LogP) is 4.84. The van der Waals surface area contributed by atoms with Gasteiger partial charge in [0.25, 0.3) is 0 Å². The molecule has 0 aromatic heterocycles. The summed E-state index contributed by atoms with van der Waals surface area (Å²) in [7, 11) is 0. The van der Waals surface area contributed by atoms with Crippen LogP contribution in [0.15, 0.2) is 0 Å². The van der Waals surface area contributed by atoms with Crippen LogP contribution in [0.4, 0.5) is 0 Å². The van der Waals surface area contributed by atoms with Gasteiger partial charge >= 0.3 is 0 Å². The summed E-state index contributed by atoms with van der Waals surface area (Å²) in [4.78, 5) is 2.85. The lowest BCUT2D eigenvalue weighted by atomic mass is 9.78. The van der Waals surface area contributed by atoms with E-state index in [1.807, 2.05) is 0 Å². The summed E-state index contributed by atoms with van der Waals surface area (Å²) in [6, 6.07) is 1.66. The third kappa shape index (κ3) is 5.46. The molecule has 0 bridgehead atoms. The Kier molecular flexibility index (Phi) is 6.07. The average Bonchev–Trinajstić information content (AvgIpc) is 2.42. The number of rotatable bonds is 5. The van der Waals surface area contributed by atoms with Crippen molar-refractivity contribution >= 4 is 0 Å². The Bertz CT molecular complexity index is 349. The largest absolute Gasteiger partial charge is 0.312 e. The van der Waals surface area contributed by atoms with Gasteiger partial charge in [-0.2, -0.15) is 0 Å². The average molecular weight is 321 g/mol. The smallest absolute Gasteiger partial charge is 0.0198 e. The van der Waals surface area contributed by atoms with Crippen LogP contribution in [-0.2, 0) is 0 Å². The van der Waals surface area contributed by atoms with E-state index in [1.165, 1.54) is 83.8 Å². The maximum atomic E-state index is 4.00. The maximum absolute atomic E-state index is 4.00. The van der Waals surface area contributed by atoms with Gasteiger partial charge in [0.2, 0.25) is 0 Å². The molecule has 134 valence electrons. The highest BCUT2D eigenvalue weighted by molar-refractivity contribution is 4.91. The second-order valence-corrected chi connectivity index (χ2v) is 10.0. The summed E-state index contributed by atoms with van der Waals surface area (Å²) in [6.45, 7) is 11.2. The molecule has 2 unspecified atom stereocenters. The highest BCUT2D eigenvalue weighted by Gasteiger charge is 2.35. The Morgan fingerprint density at radius 2 is 1.61 bits per heavy atom. The van der Waals surface area contributed by atoms with E-state index < -0.39 is 0 Å². The van der Waals surface area contributed by atoms with Gasteiger partial charge in [0.05, 0.1) is 0 Å². The summed E-state index contributed by atoms with van der Waals surface area (Å²) >= 11 is 0. The lowest BCUT2D eigenvalue weighted by Crippen LogP contribution is -2.55. The molecule has 2 nitrogen and oxygen atoms in total. The van der Waals surface area contributed by atoms with E-state index in [9.17, 15) is 0 Å². The Labute approximate surface area is 144 Å². The van der Waals surface area contributed by atoms with Gasteiger partial charge in [0, 0.05) is 25.2 Å². The van der Waals surface area contributed by atoms with Crippen LogP contribution in [0.25, 0.3) is 0 Å². The molecule has 1 heterocycles. The Morgan fingerprint density at radius 3 is 2.22 bits per heavy atom. The molecule has 2 atom stereocenters. The molecule has 3 fully saturated rings. The summed E-state index contributed by atoms with van der Waals surface area (Å²) in [5, 5.41) is 4.00. The lowest BCUT2D eigenvalue weighted by molar-refractivity contribution is 0.0449. The normalized spacial score (nSPS) is 32.0. The van der Waals surface area contributed by atoms with E-state index in [-0.39, 0.29) is 0 Å².